The van der Waals surface area contributed by atoms with Crippen LogP contribution < -0.4 is 0 Å². The summed E-state index contributed by atoms with van der Waals surface area (Å²) in [5.41, 5.74) is 0. The van der Waals surface area contributed by atoms with Gasteiger partial charge in [-0.3, -0.25) is 4.79 Å². The van der Waals surface area contributed by atoms with E-state index in [4.69, 9.17) is 5.11 Å². The summed E-state index contributed by atoms with van der Waals surface area (Å²) in [5.74, 6) is 0.700. The van der Waals surface area contributed by atoms with Gasteiger partial charge in [-0.25, -0.2) is 0 Å². The van der Waals surface area contributed by atoms with E-state index in [1.54, 1.807) is 0 Å². The number of carboxylic acid groups (broad SMARTS) is 1. The normalized spacial score (nSPS) is 23.6. The highest BCUT2D eigenvalue weighted by Crippen LogP contribution is 2.37. The molecule has 0 aromatic rings. The van der Waals surface area contributed by atoms with Crippen LogP contribution in [0.15, 0.2) is 12.2 Å². The molecule has 1 fully saturated rings. The standard InChI is InChI=1S/C21H38O3/c1-3-4-5-6-7-8-12-18-13-10-14-19(18)16-20(22)17(2)11-9-15-21(23)24/h8,12,17-20,22H,3-7,9-11,13-16H2,1-2H3,(H,23,24)/b12-8+/t17?,18?,19-,20?/m1/s1. The molecule has 1 aliphatic rings. The minimum Gasteiger partial charge on any atom is -0.481 e. The molecule has 0 aromatic heterocycles. The molecule has 0 radical (unpaired) electrons. The maximum Gasteiger partial charge on any atom is 0.303 e. The Morgan fingerprint density at radius 3 is 2.71 bits per heavy atom. The fourth-order valence-corrected chi connectivity index (χ4v) is 3.88. The Morgan fingerprint density at radius 1 is 1.21 bits per heavy atom. The van der Waals surface area contributed by atoms with E-state index in [9.17, 15) is 9.90 Å². The lowest BCUT2D eigenvalue weighted by atomic mass is 9.85. The predicted octanol–water partition coefficient (Wildman–Crippen LogP) is 5.57. The molecule has 1 saturated carbocycles. The molecule has 4 atom stereocenters. The minimum atomic E-state index is -0.739. The van der Waals surface area contributed by atoms with Crippen LogP contribution >= 0.6 is 0 Å². The van der Waals surface area contributed by atoms with Crippen molar-refractivity contribution in [2.45, 2.75) is 97.0 Å². The minimum absolute atomic E-state index is 0.198. The molecule has 3 nitrogen and oxygen atoms in total. The van der Waals surface area contributed by atoms with Crippen LogP contribution in [-0.2, 0) is 4.79 Å². The largest absolute Gasteiger partial charge is 0.481 e. The van der Waals surface area contributed by atoms with Gasteiger partial charge in [-0.1, -0.05) is 51.7 Å². The number of carboxylic acids is 1. The van der Waals surface area contributed by atoms with Crippen LogP contribution in [0.3, 0.4) is 0 Å². The number of hydrogen-bond donors (Lipinski definition) is 2. The molecule has 0 spiro atoms. The zero-order chi connectivity index (χ0) is 17.8. The van der Waals surface area contributed by atoms with Crippen molar-refractivity contribution in [2.75, 3.05) is 0 Å². The average Bonchev–Trinajstić information content (AvgIpc) is 2.97. The zero-order valence-corrected chi connectivity index (χ0v) is 15.8. The van der Waals surface area contributed by atoms with Gasteiger partial charge in [-0.05, 0) is 62.7 Å². The maximum absolute atomic E-state index is 10.6. The molecule has 0 aromatic carbocycles. The third-order valence-corrected chi connectivity index (χ3v) is 5.58. The van der Waals surface area contributed by atoms with E-state index >= 15 is 0 Å². The summed E-state index contributed by atoms with van der Waals surface area (Å²) in [7, 11) is 0. The van der Waals surface area contributed by atoms with E-state index in [1.165, 1.54) is 51.4 Å². The number of allylic oxidation sites excluding steroid dienone is 2. The highest BCUT2D eigenvalue weighted by Gasteiger charge is 2.28. The van der Waals surface area contributed by atoms with Crippen LogP contribution in [0.2, 0.25) is 0 Å². The van der Waals surface area contributed by atoms with Crippen LogP contribution in [0.4, 0.5) is 0 Å². The van der Waals surface area contributed by atoms with Crippen molar-refractivity contribution in [1.29, 1.82) is 0 Å². The second-order valence-corrected chi connectivity index (χ2v) is 7.70. The smallest absolute Gasteiger partial charge is 0.303 e. The monoisotopic (exact) mass is 338 g/mol. The van der Waals surface area contributed by atoms with Crippen LogP contribution in [-0.4, -0.2) is 22.3 Å². The van der Waals surface area contributed by atoms with Gasteiger partial charge in [0, 0.05) is 6.42 Å². The van der Waals surface area contributed by atoms with Crippen molar-refractivity contribution < 1.29 is 15.0 Å². The summed E-state index contributed by atoms with van der Waals surface area (Å²) in [5, 5.41) is 19.2. The Morgan fingerprint density at radius 2 is 2.00 bits per heavy atom. The molecule has 3 heteroatoms. The fraction of sp³-hybridized carbons (Fsp3) is 0.857. The lowest BCUT2D eigenvalue weighted by Crippen LogP contribution is -2.23. The molecule has 0 heterocycles. The van der Waals surface area contributed by atoms with E-state index in [1.807, 2.05) is 0 Å². The molecule has 3 unspecified atom stereocenters. The predicted molar refractivity (Wildman–Crippen MR) is 100 cm³/mol. The van der Waals surface area contributed by atoms with Crippen molar-refractivity contribution in [3.05, 3.63) is 12.2 Å². The van der Waals surface area contributed by atoms with Gasteiger partial charge < -0.3 is 10.2 Å². The van der Waals surface area contributed by atoms with Gasteiger partial charge in [0.1, 0.15) is 0 Å². The molecular weight excluding hydrogens is 300 g/mol. The average molecular weight is 339 g/mol. The summed E-state index contributed by atoms with van der Waals surface area (Å²) in [4.78, 5) is 10.6. The first-order chi connectivity index (χ1) is 11.5. The maximum atomic E-state index is 10.6. The molecule has 1 aliphatic carbocycles. The first-order valence-electron chi connectivity index (χ1n) is 10.1. The fourth-order valence-electron chi connectivity index (χ4n) is 3.88. The Labute approximate surface area is 148 Å². The van der Waals surface area contributed by atoms with Crippen LogP contribution in [0.5, 0.6) is 0 Å². The third kappa shape index (κ3) is 8.86. The van der Waals surface area contributed by atoms with Gasteiger partial charge >= 0.3 is 5.97 Å². The van der Waals surface area contributed by atoms with E-state index < -0.39 is 5.97 Å². The molecule has 0 saturated heterocycles. The number of hydrogen-bond acceptors (Lipinski definition) is 2. The summed E-state index contributed by atoms with van der Waals surface area (Å²) in [6.45, 7) is 4.30. The molecule has 2 N–H and O–H groups in total. The van der Waals surface area contributed by atoms with Crippen molar-refractivity contribution in [1.82, 2.24) is 0 Å². The third-order valence-electron chi connectivity index (χ3n) is 5.58. The lowest BCUT2D eigenvalue weighted by Gasteiger charge is -2.24. The van der Waals surface area contributed by atoms with Crippen molar-refractivity contribution in [3.63, 3.8) is 0 Å². The van der Waals surface area contributed by atoms with E-state index in [0.29, 0.717) is 18.3 Å². The van der Waals surface area contributed by atoms with Gasteiger partial charge in [-0.15, -0.1) is 0 Å². The molecular formula is C21H38O3. The molecule has 0 amide bonds. The first-order valence-corrected chi connectivity index (χ1v) is 10.1. The number of carbonyl (C=O) groups is 1. The topological polar surface area (TPSA) is 57.5 Å². The van der Waals surface area contributed by atoms with Gasteiger partial charge in [-0.2, -0.15) is 0 Å². The first kappa shape index (κ1) is 21.2. The Bertz CT molecular complexity index is 364. The number of rotatable bonds is 13. The molecule has 1 rings (SSSR count). The van der Waals surface area contributed by atoms with Crippen LogP contribution in [0.25, 0.3) is 0 Å². The number of unbranched alkanes of at least 4 members (excludes halogenated alkanes) is 4. The lowest BCUT2D eigenvalue weighted by molar-refractivity contribution is -0.137. The highest BCUT2D eigenvalue weighted by atomic mass is 16.4. The molecule has 140 valence electrons. The van der Waals surface area contributed by atoms with Gasteiger partial charge in [0.25, 0.3) is 0 Å². The molecule has 0 bridgehead atoms. The quantitative estimate of drug-likeness (QED) is 0.341. The van der Waals surface area contributed by atoms with Crippen molar-refractivity contribution in [2.24, 2.45) is 17.8 Å². The van der Waals surface area contributed by atoms with Gasteiger partial charge in [0.2, 0.25) is 0 Å². The Kier molecular flexibility index (Phi) is 11.1. The second-order valence-electron chi connectivity index (χ2n) is 7.70. The summed E-state index contributed by atoms with van der Waals surface area (Å²) < 4.78 is 0. The van der Waals surface area contributed by atoms with E-state index in [-0.39, 0.29) is 18.4 Å². The van der Waals surface area contributed by atoms with Gasteiger partial charge in [0.15, 0.2) is 0 Å². The number of aliphatic hydroxyl groups excluding tert-OH is 1. The van der Waals surface area contributed by atoms with E-state index in [0.717, 1.165) is 12.8 Å². The Balaban J connectivity index is 2.28. The summed E-state index contributed by atoms with van der Waals surface area (Å²) >= 11 is 0. The van der Waals surface area contributed by atoms with Crippen LogP contribution in [0.1, 0.15) is 90.9 Å². The summed E-state index contributed by atoms with van der Waals surface area (Å²) in [6.07, 6.45) is 17.2. The Hall–Kier alpha value is -0.830. The number of aliphatic carboxylic acids is 1. The highest BCUT2D eigenvalue weighted by molar-refractivity contribution is 5.66. The SMILES string of the molecule is CCCCCC/C=C/C1CCC[C@@H]1CC(O)C(C)CCCC(=O)O. The number of aliphatic hydroxyl groups is 1. The van der Waals surface area contributed by atoms with Crippen LogP contribution in [0, 0.1) is 17.8 Å². The zero-order valence-electron chi connectivity index (χ0n) is 15.8. The molecule has 24 heavy (non-hydrogen) atoms. The van der Waals surface area contributed by atoms with Gasteiger partial charge in [0.05, 0.1) is 6.10 Å². The second kappa shape index (κ2) is 12.5. The van der Waals surface area contributed by atoms with Crippen molar-refractivity contribution >= 4 is 5.97 Å². The van der Waals surface area contributed by atoms with E-state index in [2.05, 4.69) is 26.0 Å². The molecule has 0 aliphatic heterocycles. The summed E-state index contributed by atoms with van der Waals surface area (Å²) in [6, 6.07) is 0. The van der Waals surface area contributed by atoms with Crippen molar-refractivity contribution in [3.8, 4) is 0 Å².